The van der Waals surface area contributed by atoms with Crippen molar-refractivity contribution >= 4 is 0 Å². The first-order chi connectivity index (χ1) is 9.80. The fourth-order valence-electron chi connectivity index (χ4n) is 2.04. The van der Waals surface area contributed by atoms with Crippen LogP contribution in [0.2, 0.25) is 0 Å². The first-order valence-electron chi connectivity index (χ1n) is 7.29. The van der Waals surface area contributed by atoms with Crippen molar-refractivity contribution in [3.8, 4) is 5.82 Å². The van der Waals surface area contributed by atoms with E-state index in [1.165, 1.54) is 12.8 Å². The van der Waals surface area contributed by atoms with Gasteiger partial charge in [0.25, 0.3) is 0 Å². The third kappa shape index (κ3) is 2.85. The van der Waals surface area contributed by atoms with Gasteiger partial charge in [0, 0.05) is 25.4 Å². The third-order valence-electron chi connectivity index (χ3n) is 3.41. The van der Waals surface area contributed by atoms with Gasteiger partial charge in [0.1, 0.15) is 5.82 Å². The van der Waals surface area contributed by atoms with E-state index in [1.807, 2.05) is 6.20 Å². The molecule has 1 fully saturated rings. The largest absolute Gasteiger partial charge is 0.308 e. The summed E-state index contributed by atoms with van der Waals surface area (Å²) < 4.78 is 1.80. The topological polar surface area (TPSA) is 68.5 Å². The summed E-state index contributed by atoms with van der Waals surface area (Å²) in [5.74, 6) is 2.52. The Hall–Kier alpha value is -1.82. The lowest BCUT2D eigenvalue weighted by molar-refractivity contribution is 0.668. The molecule has 0 amide bonds. The third-order valence-corrected chi connectivity index (χ3v) is 3.41. The quantitative estimate of drug-likeness (QED) is 0.861. The van der Waals surface area contributed by atoms with Crippen LogP contribution >= 0.6 is 0 Å². The molecule has 0 bridgehead atoms. The van der Waals surface area contributed by atoms with Crippen LogP contribution in [0.1, 0.15) is 44.0 Å². The summed E-state index contributed by atoms with van der Waals surface area (Å²) in [6.07, 6.45) is 7.82. The van der Waals surface area contributed by atoms with Crippen LogP contribution in [0.3, 0.4) is 0 Å². The number of hydrogen-bond donors (Lipinski definition) is 1. The summed E-state index contributed by atoms with van der Waals surface area (Å²) in [6.45, 7) is 4.91. The molecule has 1 aliphatic rings. The van der Waals surface area contributed by atoms with Crippen molar-refractivity contribution in [2.24, 2.45) is 0 Å². The molecule has 6 heteroatoms. The molecule has 0 spiro atoms. The van der Waals surface area contributed by atoms with E-state index in [4.69, 9.17) is 0 Å². The summed E-state index contributed by atoms with van der Waals surface area (Å²) in [6, 6.07) is 0.686. The lowest BCUT2D eigenvalue weighted by Gasteiger charge is -2.05. The highest BCUT2D eigenvalue weighted by atomic mass is 15.4. The molecule has 106 valence electrons. The number of rotatable bonds is 6. The molecule has 2 aromatic rings. The Morgan fingerprint density at radius 1 is 1.20 bits per heavy atom. The number of aromatic nitrogens is 5. The van der Waals surface area contributed by atoms with E-state index in [2.05, 4.69) is 39.2 Å². The van der Waals surface area contributed by atoms with Gasteiger partial charge in [-0.25, -0.2) is 9.97 Å². The van der Waals surface area contributed by atoms with E-state index in [1.54, 1.807) is 10.9 Å². The minimum Gasteiger partial charge on any atom is -0.308 e. The van der Waals surface area contributed by atoms with E-state index in [-0.39, 0.29) is 0 Å². The first-order valence-corrected chi connectivity index (χ1v) is 7.29. The van der Waals surface area contributed by atoms with Gasteiger partial charge in [0.15, 0.2) is 11.6 Å². The maximum Gasteiger partial charge on any atom is 0.174 e. The lowest BCUT2D eigenvalue weighted by Crippen LogP contribution is -2.16. The van der Waals surface area contributed by atoms with Crippen LogP contribution in [0.5, 0.6) is 0 Å². The molecular weight excluding hydrogens is 252 g/mol. The molecule has 1 aliphatic carbocycles. The standard InChI is InChI=1S/C14H20N6/c1-3-12-18-13(4-2)20(19-12)14-9-16-11(8-17-14)7-15-10-5-6-10/h8-10,15H,3-7H2,1-2H3. The Kier molecular flexibility index (Phi) is 3.73. The summed E-state index contributed by atoms with van der Waals surface area (Å²) >= 11 is 0. The second kappa shape index (κ2) is 5.66. The van der Waals surface area contributed by atoms with Crippen molar-refractivity contribution in [1.29, 1.82) is 0 Å². The van der Waals surface area contributed by atoms with Gasteiger partial charge in [-0.15, -0.1) is 5.10 Å². The SMILES string of the molecule is CCc1nc(CC)n(-c2cnc(CNC3CC3)cn2)n1. The Morgan fingerprint density at radius 2 is 2.05 bits per heavy atom. The summed E-state index contributed by atoms with van der Waals surface area (Å²) in [5.41, 5.74) is 0.967. The maximum atomic E-state index is 4.49. The molecule has 0 aliphatic heterocycles. The first kappa shape index (κ1) is 13.2. The summed E-state index contributed by atoms with van der Waals surface area (Å²) in [4.78, 5) is 13.4. The van der Waals surface area contributed by atoms with Crippen molar-refractivity contribution in [2.45, 2.75) is 52.1 Å². The molecule has 0 unspecified atom stereocenters. The molecule has 1 N–H and O–H groups in total. The average molecular weight is 272 g/mol. The molecule has 20 heavy (non-hydrogen) atoms. The fraction of sp³-hybridized carbons (Fsp3) is 0.571. The molecule has 0 aromatic carbocycles. The minimum atomic E-state index is 0.686. The second-order valence-corrected chi connectivity index (χ2v) is 5.08. The van der Waals surface area contributed by atoms with E-state index >= 15 is 0 Å². The lowest BCUT2D eigenvalue weighted by atomic mass is 10.4. The van der Waals surface area contributed by atoms with Gasteiger partial charge in [0.05, 0.1) is 18.1 Å². The van der Waals surface area contributed by atoms with Crippen LogP contribution in [0.15, 0.2) is 12.4 Å². The minimum absolute atomic E-state index is 0.686. The number of nitrogens with one attached hydrogen (secondary N) is 1. The van der Waals surface area contributed by atoms with Gasteiger partial charge in [-0.1, -0.05) is 13.8 Å². The molecule has 0 atom stereocenters. The maximum absolute atomic E-state index is 4.49. The Balaban J connectivity index is 1.77. The second-order valence-electron chi connectivity index (χ2n) is 5.08. The van der Waals surface area contributed by atoms with E-state index < -0.39 is 0 Å². The van der Waals surface area contributed by atoms with Gasteiger partial charge < -0.3 is 5.32 Å². The predicted octanol–water partition coefficient (Wildman–Crippen LogP) is 1.43. The molecule has 0 saturated heterocycles. The Labute approximate surface area is 118 Å². The van der Waals surface area contributed by atoms with Crippen LogP contribution in [0.4, 0.5) is 0 Å². The van der Waals surface area contributed by atoms with Gasteiger partial charge in [-0.2, -0.15) is 4.68 Å². The zero-order valence-electron chi connectivity index (χ0n) is 12.0. The molecule has 0 radical (unpaired) electrons. The van der Waals surface area contributed by atoms with Crippen LogP contribution in [-0.2, 0) is 19.4 Å². The molecule has 1 saturated carbocycles. The molecular formula is C14H20N6. The van der Waals surface area contributed by atoms with Gasteiger partial charge in [-0.05, 0) is 12.8 Å². The number of hydrogen-bond acceptors (Lipinski definition) is 5. The van der Waals surface area contributed by atoms with Crippen LogP contribution in [-0.4, -0.2) is 30.8 Å². The number of nitrogens with zero attached hydrogens (tertiary/aromatic N) is 5. The summed E-state index contributed by atoms with van der Waals surface area (Å²) in [7, 11) is 0. The van der Waals surface area contributed by atoms with Crippen molar-refractivity contribution in [1.82, 2.24) is 30.0 Å². The monoisotopic (exact) mass is 272 g/mol. The van der Waals surface area contributed by atoms with E-state index in [0.29, 0.717) is 6.04 Å². The Bertz CT molecular complexity index is 570. The highest BCUT2D eigenvalue weighted by Gasteiger charge is 2.20. The average Bonchev–Trinajstić information content (AvgIpc) is 3.23. The van der Waals surface area contributed by atoms with Crippen molar-refractivity contribution in [3.63, 3.8) is 0 Å². The fourth-order valence-corrected chi connectivity index (χ4v) is 2.04. The van der Waals surface area contributed by atoms with Crippen molar-refractivity contribution in [2.75, 3.05) is 0 Å². The predicted molar refractivity (Wildman–Crippen MR) is 75.6 cm³/mol. The molecule has 2 heterocycles. The van der Waals surface area contributed by atoms with Crippen LogP contribution in [0.25, 0.3) is 5.82 Å². The van der Waals surface area contributed by atoms with Crippen molar-refractivity contribution < 1.29 is 0 Å². The summed E-state index contributed by atoms with van der Waals surface area (Å²) in [5, 5.41) is 7.90. The van der Waals surface area contributed by atoms with Crippen LogP contribution in [0, 0.1) is 0 Å². The van der Waals surface area contributed by atoms with Gasteiger partial charge >= 0.3 is 0 Å². The highest BCUT2D eigenvalue weighted by molar-refractivity contribution is 5.20. The number of aryl methyl sites for hydroxylation is 2. The van der Waals surface area contributed by atoms with E-state index in [0.717, 1.165) is 42.5 Å². The smallest absolute Gasteiger partial charge is 0.174 e. The van der Waals surface area contributed by atoms with Crippen LogP contribution < -0.4 is 5.32 Å². The van der Waals surface area contributed by atoms with Gasteiger partial charge in [-0.3, -0.25) is 4.98 Å². The zero-order valence-corrected chi connectivity index (χ0v) is 12.0. The molecule has 2 aromatic heterocycles. The molecule has 3 rings (SSSR count). The van der Waals surface area contributed by atoms with Gasteiger partial charge in [0.2, 0.25) is 0 Å². The van der Waals surface area contributed by atoms with E-state index in [9.17, 15) is 0 Å². The normalized spacial score (nSPS) is 14.7. The highest BCUT2D eigenvalue weighted by Crippen LogP contribution is 2.19. The molecule has 6 nitrogen and oxygen atoms in total. The Morgan fingerprint density at radius 3 is 2.65 bits per heavy atom. The van der Waals surface area contributed by atoms with Crippen molar-refractivity contribution in [3.05, 3.63) is 29.7 Å². The zero-order chi connectivity index (χ0) is 13.9.